The van der Waals surface area contributed by atoms with Crippen LogP contribution >= 0.6 is 0 Å². The molecule has 0 saturated heterocycles. The maximum absolute atomic E-state index is 11.5. The van der Waals surface area contributed by atoms with Crippen molar-refractivity contribution in [1.82, 2.24) is 0 Å². The zero-order valence-corrected chi connectivity index (χ0v) is 13.0. The number of anilines is 2. The Labute approximate surface area is 122 Å². The third kappa shape index (κ3) is 3.33. The number of carbonyl (C=O) groups excluding carboxylic acids is 1. The van der Waals surface area contributed by atoms with Crippen LogP contribution in [0.5, 0.6) is 0 Å². The molecule has 110 valence electrons. The van der Waals surface area contributed by atoms with Gasteiger partial charge in [0.2, 0.25) is 5.91 Å². The molecule has 1 amide bonds. The number of carbonyl (C=O) groups is 1. The van der Waals surface area contributed by atoms with E-state index in [-0.39, 0.29) is 5.91 Å². The number of hydrogen-bond donors (Lipinski definition) is 2. The average Bonchev–Trinajstić information content (AvgIpc) is 2.36. The normalized spacial score (nSPS) is 21.4. The molecule has 1 fully saturated rings. The van der Waals surface area contributed by atoms with E-state index in [9.17, 15) is 4.79 Å². The topological polar surface area (TPSA) is 41.1 Å². The predicted molar refractivity (Wildman–Crippen MR) is 85.1 cm³/mol. The summed E-state index contributed by atoms with van der Waals surface area (Å²) >= 11 is 0. The van der Waals surface area contributed by atoms with Crippen LogP contribution in [-0.2, 0) is 4.79 Å². The molecule has 1 aromatic carbocycles. The Morgan fingerprint density at radius 2 is 1.95 bits per heavy atom. The fourth-order valence-electron chi connectivity index (χ4n) is 2.71. The molecule has 2 N–H and O–H groups in total. The monoisotopic (exact) mass is 274 g/mol. The van der Waals surface area contributed by atoms with E-state index in [1.165, 1.54) is 12.8 Å². The zero-order chi connectivity index (χ0) is 14.7. The van der Waals surface area contributed by atoms with Gasteiger partial charge in [-0.25, -0.2) is 0 Å². The van der Waals surface area contributed by atoms with E-state index in [1.807, 2.05) is 19.1 Å². The van der Waals surface area contributed by atoms with Gasteiger partial charge in [-0.15, -0.1) is 0 Å². The van der Waals surface area contributed by atoms with Gasteiger partial charge >= 0.3 is 0 Å². The zero-order valence-electron chi connectivity index (χ0n) is 13.0. The maximum atomic E-state index is 11.5. The molecule has 3 heteroatoms. The van der Waals surface area contributed by atoms with Crippen molar-refractivity contribution >= 4 is 17.3 Å². The molecule has 0 atom stereocenters. The molecule has 1 aromatic rings. The SMILES string of the molecule is CCC(=O)Nc1cccc(NC2CC(C(C)C)C2)c1C. The molecule has 1 aliphatic carbocycles. The van der Waals surface area contributed by atoms with Gasteiger partial charge in [-0.1, -0.05) is 26.8 Å². The first-order chi connectivity index (χ1) is 9.51. The Morgan fingerprint density at radius 1 is 1.30 bits per heavy atom. The number of hydrogen-bond acceptors (Lipinski definition) is 2. The van der Waals surface area contributed by atoms with Crippen molar-refractivity contribution in [3.05, 3.63) is 23.8 Å². The van der Waals surface area contributed by atoms with Crippen LogP contribution in [0.25, 0.3) is 0 Å². The first-order valence-corrected chi connectivity index (χ1v) is 7.67. The molecule has 1 aliphatic rings. The van der Waals surface area contributed by atoms with E-state index >= 15 is 0 Å². The molecule has 0 unspecified atom stereocenters. The average molecular weight is 274 g/mol. The summed E-state index contributed by atoms with van der Waals surface area (Å²) < 4.78 is 0. The molecular formula is C17H26N2O. The van der Waals surface area contributed by atoms with Crippen LogP contribution in [0.1, 0.15) is 45.6 Å². The lowest BCUT2D eigenvalue weighted by molar-refractivity contribution is -0.115. The Bertz CT molecular complexity index is 476. The summed E-state index contributed by atoms with van der Waals surface area (Å²) in [6, 6.07) is 6.64. The summed E-state index contributed by atoms with van der Waals surface area (Å²) in [5, 5.41) is 6.57. The highest BCUT2D eigenvalue weighted by Crippen LogP contribution is 2.36. The molecule has 0 spiro atoms. The quantitative estimate of drug-likeness (QED) is 0.845. The van der Waals surface area contributed by atoms with E-state index in [1.54, 1.807) is 0 Å². The largest absolute Gasteiger partial charge is 0.382 e. The highest BCUT2D eigenvalue weighted by molar-refractivity contribution is 5.92. The minimum absolute atomic E-state index is 0.0637. The van der Waals surface area contributed by atoms with Crippen molar-refractivity contribution in [1.29, 1.82) is 0 Å². The van der Waals surface area contributed by atoms with Crippen molar-refractivity contribution in [2.75, 3.05) is 10.6 Å². The number of rotatable bonds is 5. The third-order valence-electron chi connectivity index (χ3n) is 4.41. The first kappa shape index (κ1) is 14.9. The van der Waals surface area contributed by atoms with Crippen LogP contribution in [0.4, 0.5) is 11.4 Å². The molecule has 0 radical (unpaired) electrons. The predicted octanol–water partition coefficient (Wildman–Crippen LogP) is 4.19. The van der Waals surface area contributed by atoms with Crippen molar-refractivity contribution in [2.24, 2.45) is 11.8 Å². The fraction of sp³-hybridized carbons (Fsp3) is 0.588. The Morgan fingerprint density at radius 3 is 2.55 bits per heavy atom. The van der Waals surface area contributed by atoms with E-state index in [4.69, 9.17) is 0 Å². The smallest absolute Gasteiger partial charge is 0.224 e. The Balaban J connectivity index is 1.99. The maximum Gasteiger partial charge on any atom is 0.224 e. The van der Waals surface area contributed by atoms with Gasteiger partial charge in [0.15, 0.2) is 0 Å². The van der Waals surface area contributed by atoms with Gasteiger partial charge in [0.1, 0.15) is 0 Å². The molecule has 0 bridgehead atoms. The molecule has 0 aliphatic heterocycles. The van der Waals surface area contributed by atoms with Crippen LogP contribution in [0.3, 0.4) is 0 Å². The van der Waals surface area contributed by atoms with Crippen molar-refractivity contribution in [3.63, 3.8) is 0 Å². The van der Waals surface area contributed by atoms with Crippen LogP contribution in [0, 0.1) is 18.8 Å². The highest BCUT2D eigenvalue weighted by Gasteiger charge is 2.31. The summed E-state index contributed by atoms with van der Waals surface area (Å²) in [4.78, 5) is 11.5. The van der Waals surface area contributed by atoms with E-state index in [2.05, 4.69) is 37.5 Å². The van der Waals surface area contributed by atoms with E-state index in [0.717, 1.165) is 28.8 Å². The lowest BCUT2D eigenvalue weighted by Crippen LogP contribution is -2.38. The summed E-state index contributed by atoms with van der Waals surface area (Å²) in [5.74, 6) is 1.70. The molecule has 2 rings (SSSR count). The molecule has 1 saturated carbocycles. The van der Waals surface area contributed by atoms with E-state index in [0.29, 0.717) is 12.5 Å². The standard InChI is InChI=1S/C17H26N2O/c1-5-17(20)19-16-8-6-7-15(12(16)4)18-14-9-13(10-14)11(2)3/h6-8,11,13-14,18H,5,9-10H2,1-4H3,(H,19,20). The van der Waals surface area contributed by atoms with Gasteiger partial charge < -0.3 is 10.6 Å². The lowest BCUT2D eigenvalue weighted by atomic mass is 9.73. The van der Waals surface area contributed by atoms with Crippen molar-refractivity contribution in [3.8, 4) is 0 Å². The summed E-state index contributed by atoms with van der Waals surface area (Å²) in [7, 11) is 0. The fourth-order valence-corrected chi connectivity index (χ4v) is 2.71. The minimum Gasteiger partial charge on any atom is -0.382 e. The molecular weight excluding hydrogens is 248 g/mol. The van der Waals surface area contributed by atoms with Crippen LogP contribution in [0.2, 0.25) is 0 Å². The second kappa shape index (κ2) is 6.29. The van der Waals surface area contributed by atoms with Crippen molar-refractivity contribution < 1.29 is 4.79 Å². The minimum atomic E-state index is 0.0637. The summed E-state index contributed by atoms with van der Waals surface area (Å²) in [5.41, 5.74) is 3.19. The number of amides is 1. The first-order valence-electron chi connectivity index (χ1n) is 7.67. The van der Waals surface area contributed by atoms with Crippen LogP contribution in [0.15, 0.2) is 18.2 Å². The van der Waals surface area contributed by atoms with Gasteiger partial charge in [0.05, 0.1) is 0 Å². The number of benzene rings is 1. The molecule has 20 heavy (non-hydrogen) atoms. The molecule has 3 nitrogen and oxygen atoms in total. The summed E-state index contributed by atoms with van der Waals surface area (Å²) in [6.45, 7) is 8.53. The number of nitrogens with one attached hydrogen (secondary N) is 2. The van der Waals surface area contributed by atoms with Gasteiger partial charge in [-0.3, -0.25) is 4.79 Å². The Kier molecular flexibility index (Phi) is 4.69. The summed E-state index contributed by atoms with van der Waals surface area (Å²) in [6.07, 6.45) is 3.01. The third-order valence-corrected chi connectivity index (χ3v) is 4.41. The van der Waals surface area contributed by atoms with Gasteiger partial charge in [-0.05, 0) is 49.3 Å². The highest BCUT2D eigenvalue weighted by atomic mass is 16.1. The molecule has 0 aromatic heterocycles. The van der Waals surface area contributed by atoms with Crippen LogP contribution in [-0.4, -0.2) is 11.9 Å². The molecule has 0 heterocycles. The van der Waals surface area contributed by atoms with Crippen LogP contribution < -0.4 is 10.6 Å². The second-order valence-electron chi connectivity index (χ2n) is 6.20. The van der Waals surface area contributed by atoms with Gasteiger partial charge in [-0.2, -0.15) is 0 Å². The Hall–Kier alpha value is -1.51. The van der Waals surface area contributed by atoms with Gasteiger partial charge in [0.25, 0.3) is 0 Å². The lowest BCUT2D eigenvalue weighted by Gasteiger charge is -2.39. The van der Waals surface area contributed by atoms with Gasteiger partial charge in [0, 0.05) is 23.8 Å². The van der Waals surface area contributed by atoms with E-state index < -0.39 is 0 Å². The second-order valence-corrected chi connectivity index (χ2v) is 6.20. The van der Waals surface area contributed by atoms with Crippen molar-refractivity contribution in [2.45, 2.75) is 53.0 Å².